The number of rotatable bonds is 2. The van der Waals surface area contributed by atoms with Gasteiger partial charge in [-0.2, -0.15) is 0 Å². The summed E-state index contributed by atoms with van der Waals surface area (Å²) in [6, 6.07) is 3.15. The molecular weight excluding hydrogens is 176 g/mol. The number of primary amides is 1. The van der Waals surface area contributed by atoms with Crippen LogP contribution in [0.5, 0.6) is 0 Å². The highest BCUT2D eigenvalue weighted by atomic mass is 35.5. The Bertz CT molecular complexity index is 312. The fraction of sp³-hybridized carbons (Fsp3) is 0.250. The maximum Gasteiger partial charge on any atom is 0.250 e. The van der Waals surface area contributed by atoms with Crippen LogP contribution in [0, 0.1) is 0 Å². The van der Waals surface area contributed by atoms with E-state index >= 15 is 0 Å². The molecule has 1 rings (SSSR count). The van der Waals surface area contributed by atoms with E-state index in [1.807, 2.05) is 6.92 Å². The number of aryl methyl sites for hydroxylation is 1. The predicted octanol–water partition coefficient (Wildman–Crippen LogP) is 1.40. The van der Waals surface area contributed by atoms with Crippen LogP contribution in [0.1, 0.15) is 23.0 Å². The van der Waals surface area contributed by atoms with Crippen molar-refractivity contribution in [2.24, 2.45) is 5.73 Å². The van der Waals surface area contributed by atoms with E-state index in [1.165, 1.54) is 0 Å². The highest BCUT2D eigenvalue weighted by Gasteiger charge is 2.07. The van der Waals surface area contributed by atoms with E-state index in [2.05, 4.69) is 4.98 Å². The third kappa shape index (κ3) is 1.74. The molecule has 0 radical (unpaired) electrons. The smallest absolute Gasteiger partial charge is 0.250 e. The highest BCUT2D eigenvalue weighted by Crippen LogP contribution is 2.11. The first-order valence-electron chi connectivity index (χ1n) is 3.60. The minimum atomic E-state index is -0.462. The molecule has 1 heterocycles. The van der Waals surface area contributed by atoms with Crippen molar-refractivity contribution in [3.05, 3.63) is 28.5 Å². The fourth-order valence-electron chi connectivity index (χ4n) is 0.969. The number of pyridine rings is 1. The Balaban J connectivity index is 3.20. The average molecular weight is 185 g/mol. The summed E-state index contributed by atoms with van der Waals surface area (Å²) in [7, 11) is 0. The van der Waals surface area contributed by atoms with E-state index < -0.39 is 5.91 Å². The third-order valence-corrected chi connectivity index (χ3v) is 1.75. The summed E-state index contributed by atoms with van der Waals surface area (Å²) in [4.78, 5) is 14.8. The van der Waals surface area contributed by atoms with E-state index in [1.54, 1.807) is 12.1 Å². The summed E-state index contributed by atoms with van der Waals surface area (Å²) < 4.78 is 0. The van der Waals surface area contributed by atoms with Crippen molar-refractivity contribution in [2.45, 2.75) is 13.3 Å². The molecular formula is C8H9ClN2O. The zero-order valence-corrected chi connectivity index (χ0v) is 7.43. The second kappa shape index (κ2) is 3.54. The summed E-state index contributed by atoms with van der Waals surface area (Å²) in [5, 5.41) is 0.386. The maximum absolute atomic E-state index is 10.8. The van der Waals surface area contributed by atoms with E-state index in [0.717, 1.165) is 0 Å². The van der Waals surface area contributed by atoms with Gasteiger partial charge >= 0.3 is 0 Å². The summed E-state index contributed by atoms with van der Waals surface area (Å²) in [5.41, 5.74) is 6.21. The van der Waals surface area contributed by atoms with Gasteiger partial charge in [0.2, 0.25) is 0 Å². The largest absolute Gasteiger partial charge is 0.366 e. The van der Waals surface area contributed by atoms with Gasteiger partial charge in [-0.05, 0) is 18.6 Å². The van der Waals surface area contributed by atoms with Crippen LogP contribution in [-0.4, -0.2) is 10.9 Å². The quantitative estimate of drug-likeness (QED) is 0.707. The van der Waals surface area contributed by atoms with Gasteiger partial charge in [-0.15, -0.1) is 0 Å². The Morgan fingerprint density at radius 1 is 1.67 bits per heavy atom. The average Bonchev–Trinajstić information content (AvgIpc) is 2.03. The number of aromatic nitrogens is 1. The number of hydrogen-bond donors (Lipinski definition) is 1. The Morgan fingerprint density at radius 2 is 2.33 bits per heavy atom. The molecule has 12 heavy (non-hydrogen) atoms. The molecule has 4 heteroatoms. The van der Waals surface area contributed by atoms with E-state index in [9.17, 15) is 4.79 Å². The van der Waals surface area contributed by atoms with Crippen LogP contribution in [-0.2, 0) is 6.42 Å². The molecule has 0 atom stereocenters. The van der Waals surface area contributed by atoms with Crippen molar-refractivity contribution in [1.82, 2.24) is 4.98 Å². The number of hydrogen-bond acceptors (Lipinski definition) is 2. The number of nitrogens with two attached hydrogens (primary N) is 1. The highest BCUT2D eigenvalue weighted by molar-refractivity contribution is 6.29. The number of halogens is 1. The molecule has 0 aliphatic carbocycles. The van der Waals surface area contributed by atoms with Crippen molar-refractivity contribution in [1.29, 1.82) is 0 Å². The topological polar surface area (TPSA) is 56.0 Å². The SMILES string of the molecule is CCc1nc(Cl)ccc1C(N)=O. The van der Waals surface area contributed by atoms with Gasteiger partial charge in [0.05, 0.1) is 11.3 Å². The van der Waals surface area contributed by atoms with Crippen molar-refractivity contribution in [3.63, 3.8) is 0 Å². The van der Waals surface area contributed by atoms with Gasteiger partial charge in [-0.1, -0.05) is 18.5 Å². The van der Waals surface area contributed by atoms with Crippen LogP contribution in [0.15, 0.2) is 12.1 Å². The Kier molecular flexibility index (Phi) is 2.65. The minimum Gasteiger partial charge on any atom is -0.366 e. The Labute approximate surface area is 75.6 Å². The first-order valence-corrected chi connectivity index (χ1v) is 3.98. The van der Waals surface area contributed by atoms with Crippen LogP contribution < -0.4 is 5.73 Å². The molecule has 3 nitrogen and oxygen atoms in total. The monoisotopic (exact) mass is 184 g/mol. The molecule has 0 aliphatic rings. The first kappa shape index (κ1) is 9.00. The minimum absolute atomic E-state index is 0.386. The van der Waals surface area contributed by atoms with Crippen LogP contribution in [0.25, 0.3) is 0 Å². The molecule has 0 spiro atoms. The van der Waals surface area contributed by atoms with Crippen molar-refractivity contribution in [2.75, 3.05) is 0 Å². The van der Waals surface area contributed by atoms with Gasteiger partial charge in [0.15, 0.2) is 0 Å². The van der Waals surface area contributed by atoms with Crippen LogP contribution in [0.3, 0.4) is 0 Å². The van der Waals surface area contributed by atoms with Crippen molar-refractivity contribution < 1.29 is 4.79 Å². The van der Waals surface area contributed by atoms with Gasteiger partial charge in [0, 0.05) is 0 Å². The number of carbonyl (C=O) groups is 1. The van der Waals surface area contributed by atoms with Gasteiger partial charge in [-0.25, -0.2) is 4.98 Å². The molecule has 1 amide bonds. The molecule has 1 aromatic heterocycles. The van der Waals surface area contributed by atoms with E-state index in [4.69, 9.17) is 17.3 Å². The number of amides is 1. The van der Waals surface area contributed by atoms with Gasteiger partial charge in [0.1, 0.15) is 5.15 Å². The molecule has 0 bridgehead atoms. The normalized spacial score (nSPS) is 9.83. The summed E-state index contributed by atoms with van der Waals surface area (Å²) in [6.45, 7) is 1.89. The second-order valence-corrected chi connectivity index (χ2v) is 2.73. The van der Waals surface area contributed by atoms with Crippen LogP contribution in [0.2, 0.25) is 5.15 Å². The second-order valence-electron chi connectivity index (χ2n) is 2.35. The molecule has 0 aromatic carbocycles. The first-order chi connectivity index (χ1) is 5.65. The zero-order chi connectivity index (χ0) is 9.14. The van der Waals surface area contributed by atoms with Crippen LogP contribution in [0.4, 0.5) is 0 Å². The Morgan fingerprint density at radius 3 is 2.83 bits per heavy atom. The lowest BCUT2D eigenvalue weighted by molar-refractivity contribution is 0.0999. The zero-order valence-electron chi connectivity index (χ0n) is 6.67. The summed E-state index contributed by atoms with van der Waals surface area (Å²) in [6.07, 6.45) is 0.652. The summed E-state index contributed by atoms with van der Waals surface area (Å²) >= 11 is 5.64. The fourth-order valence-corrected chi connectivity index (χ4v) is 1.13. The molecule has 0 aliphatic heterocycles. The molecule has 0 saturated heterocycles. The van der Waals surface area contributed by atoms with Gasteiger partial charge in [-0.3, -0.25) is 4.79 Å². The molecule has 64 valence electrons. The van der Waals surface area contributed by atoms with Crippen molar-refractivity contribution in [3.8, 4) is 0 Å². The lowest BCUT2D eigenvalue weighted by Gasteiger charge is -2.02. The number of nitrogens with zero attached hydrogens (tertiary/aromatic N) is 1. The molecule has 0 unspecified atom stereocenters. The molecule has 1 aromatic rings. The summed E-state index contributed by atoms with van der Waals surface area (Å²) in [5.74, 6) is -0.462. The lowest BCUT2D eigenvalue weighted by Crippen LogP contribution is -2.14. The molecule has 0 fully saturated rings. The third-order valence-electron chi connectivity index (χ3n) is 1.54. The number of carbonyl (C=O) groups excluding carboxylic acids is 1. The standard InChI is InChI=1S/C8H9ClN2O/c1-2-6-5(8(10)12)3-4-7(9)11-6/h3-4H,2H2,1H3,(H2,10,12). The van der Waals surface area contributed by atoms with Gasteiger partial charge in [0.25, 0.3) is 5.91 Å². The molecule has 0 saturated carbocycles. The van der Waals surface area contributed by atoms with Crippen LogP contribution >= 0.6 is 11.6 Å². The van der Waals surface area contributed by atoms with Gasteiger partial charge < -0.3 is 5.73 Å². The predicted molar refractivity (Wildman–Crippen MR) is 47.1 cm³/mol. The molecule has 2 N–H and O–H groups in total. The van der Waals surface area contributed by atoms with Crippen molar-refractivity contribution >= 4 is 17.5 Å². The Hall–Kier alpha value is -1.09. The van der Waals surface area contributed by atoms with E-state index in [-0.39, 0.29) is 0 Å². The maximum atomic E-state index is 10.8. The lowest BCUT2D eigenvalue weighted by atomic mass is 10.1. The van der Waals surface area contributed by atoms with E-state index in [0.29, 0.717) is 22.8 Å².